The Hall–Kier alpha value is -1.20. The first-order valence-corrected chi connectivity index (χ1v) is 6.35. The summed E-state index contributed by atoms with van der Waals surface area (Å²) in [4.78, 5) is 0. The molecule has 0 aliphatic carbocycles. The van der Waals surface area contributed by atoms with E-state index in [1.165, 1.54) is 12.1 Å². The van der Waals surface area contributed by atoms with E-state index in [2.05, 4.69) is 0 Å². The van der Waals surface area contributed by atoms with Crippen LogP contribution in [0.4, 0.5) is 0 Å². The fraction of sp³-hybridized carbons (Fsp3) is 0.0769. The normalized spacial score (nSPS) is 10.3. The van der Waals surface area contributed by atoms with E-state index in [-0.39, 0.29) is 22.8 Å². The molecule has 0 heterocycles. The molecule has 3 nitrogen and oxygen atoms in total. The standard InChI is InChI=1S/C13H11BCl2O3/c15-10-6-11(14(17)18)13(12(16)7-10)19-8-9-4-2-1-3-5-9/h1-7,17-18H,8H2. The summed E-state index contributed by atoms with van der Waals surface area (Å²) in [5.74, 6) is 0.227. The Bertz CT molecular complexity index is 561. The molecule has 98 valence electrons. The van der Waals surface area contributed by atoms with E-state index in [1.54, 1.807) is 0 Å². The van der Waals surface area contributed by atoms with Gasteiger partial charge in [0, 0.05) is 10.5 Å². The molecule has 0 aliphatic rings. The average Bonchev–Trinajstić information content (AvgIpc) is 2.38. The molecule has 0 unspecified atom stereocenters. The summed E-state index contributed by atoms with van der Waals surface area (Å²) in [7, 11) is -1.69. The monoisotopic (exact) mass is 296 g/mol. The summed E-state index contributed by atoms with van der Waals surface area (Å²) < 4.78 is 5.56. The van der Waals surface area contributed by atoms with Crippen molar-refractivity contribution >= 4 is 35.8 Å². The van der Waals surface area contributed by atoms with Crippen LogP contribution in [-0.4, -0.2) is 17.2 Å². The molecule has 0 aromatic heterocycles. The highest BCUT2D eigenvalue weighted by molar-refractivity contribution is 6.61. The zero-order valence-electron chi connectivity index (χ0n) is 9.88. The SMILES string of the molecule is OB(O)c1cc(Cl)cc(Cl)c1OCc1ccccc1. The van der Waals surface area contributed by atoms with Gasteiger partial charge in [0.05, 0.1) is 5.02 Å². The maximum atomic E-state index is 9.31. The van der Waals surface area contributed by atoms with E-state index < -0.39 is 7.12 Å². The maximum Gasteiger partial charge on any atom is 0.492 e. The Morgan fingerprint density at radius 3 is 2.37 bits per heavy atom. The second-order valence-corrected chi connectivity index (χ2v) is 4.80. The van der Waals surface area contributed by atoms with Crippen molar-refractivity contribution in [2.24, 2.45) is 0 Å². The molecule has 2 aromatic rings. The van der Waals surface area contributed by atoms with Crippen LogP contribution in [0.2, 0.25) is 10.0 Å². The summed E-state index contributed by atoms with van der Waals surface area (Å²) >= 11 is 11.8. The molecule has 0 amide bonds. The second kappa shape index (κ2) is 6.30. The quantitative estimate of drug-likeness (QED) is 0.851. The third-order valence-corrected chi connectivity index (χ3v) is 3.04. The molecular formula is C13H11BCl2O3. The van der Waals surface area contributed by atoms with Crippen molar-refractivity contribution in [2.45, 2.75) is 6.61 Å². The molecule has 2 aromatic carbocycles. The van der Waals surface area contributed by atoms with Crippen LogP contribution in [0, 0.1) is 0 Å². The van der Waals surface area contributed by atoms with Gasteiger partial charge in [0.15, 0.2) is 0 Å². The number of ether oxygens (including phenoxy) is 1. The Labute approximate surface area is 121 Å². The molecule has 0 atom stereocenters. The number of rotatable bonds is 4. The lowest BCUT2D eigenvalue weighted by atomic mass is 9.79. The molecular weight excluding hydrogens is 286 g/mol. The van der Waals surface area contributed by atoms with Crippen LogP contribution in [0.3, 0.4) is 0 Å². The van der Waals surface area contributed by atoms with Crippen molar-refractivity contribution in [3.8, 4) is 5.75 Å². The molecule has 19 heavy (non-hydrogen) atoms. The number of hydrogen-bond acceptors (Lipinski definition) is 3. The molecule has 0 bridgehead atoms. The lowest BCUT2D eigenvalue weighted by Gasteiger charge is -2.13. The molecule has 2 N–H and O–H groups in total. The fourth-order valence-corrected chi connectivity index (χ4v) is 2.22. The van der Waals surface area contributed by atoms with Gasteiger partial charge in [-0.25, -0.2) is 0 Å². The minimum atomic E-state index is -1.69. The summed E-state index contributed by atoms with van der Waals surface area (Å²) in [5.41, 5.74) is 1.10. The zero-order valence-corrected chi connectivity index (χ0v) is 11.4. The topological polar surface area (TPSA) is 49.7 Å². The maximum absolute atomic E-state index is 9.31. The van der Waals surface area contributed by atoms with Crippen molar-refractivity contribution in [1.29, 1.82) is 0 Å². The average molecular weight is 297 g/mol. The third-order valence-electron chi connectivity index (χ3n) is 2.54. The fourth-order valence-electron chi connectivity index (χ4n) is 1.65. The first-order chi connectivity index (χ1) is 9.08. The van der Waals surface area contributed by atoms with Gasteiger partial charge in [0.2, 0.25) is 0 Å². The molecule has 2 rings (SSSR count). The smallest absolute Gasteiger partial charge is 0.488 e. The van der Waals surface area contributed by atoms with Gasteiger partial charge in [0.25, 0.3) is 0 Å². The molecule has 0 spiro atoms. The Morgan fingerprint density at radius 1 is 1.05 bits per heavy atom. The van der Waals surface area contributed by atoms with Crippen molar-refractivity contribution in [3.05, 3.63) is 58.1 Å². The number of halogens is 2. The van der Waals surface area contributed by atoms with Crippen LogP contribution in [0.15, 0.2) is 42.5 Å². The van der Waals surface area contributed by atoms with Gasteiger partial charge in [-0.3, -0.25) is 0 Å². The predicted molar refractivity (Wildman–Crippen MR) is 77.1 cm³/mol. The molecule has 0 aliphatic heterocycles. The van der Waals surface area contributed by atoms with Crippen LogP contribution in [0.5, 0.6) is 5.75 Å². The van der Waals surface area contributed by atoms with E-state index in [1.807, 2.05) is 30.3 Å². The summed E-state index contributed by atoms with van der Waals surface area (Å²) in [6.07, 6.45) is 0. The summed E-state index contributed by atoms with van der Waals surface area (Å²) in [6.45, 7) is 0.280. The molecule has 0 fully saturated rings. The van der Waals surface area contributed by atoms with Gasteiger partial charge < -0.3 is 14.8 Å². The van der Waals surface area contributed by atoms with Crippen LogP contribution in [-0.2, 0) is 6.61 Å². The van der Waals surface area contributed by atoms with Crippen LogP contribution >= 0.6 is 23.2 Å². The van der Waals surface area contributed by atoms with Crippen molar-refractivity contribution in [2.75, 3.05) is 0 Å². The Balaban J connectivity index is 2.24. The lowest BCUT2D eigenvalue weighted by Crippen LogP contribution is -2.31. The largest absolute Gasteiger partial charge is 0.492 e. The minimum absolute atomic E-state index is 0.147. The van der Waals surface area contributed by atoms with Crippen molar-refractivity contribution < 1.29 is 14.8 Å². The first kappa shape index (κ1) is 14.2. The van der Waals surface area contributed by atoms with E-state index in [4.69, 9.17) is 27.9 Å². The highest BCUT2D eigenvalue weighted by Crippen LogP contribution is 2.27. The minimum Gasteiger partial charge on any atom is -0.488 e. The molecule has 6 heteroatoms. The predicted octanol–water partition coefficient (Wildman–Crippen LogP) is 2.25. The van der Waals surface area contributed by atoms with Gasteiger partial charge in [-0.1, -0.05) is 53.5 Å². The second-order valence-electron chi connectivity index (χ2n) is 3.95. The summed E-state index contributed by atoms with van der Waals surface area (Å²) in [6, 6.07) is 12.4. The van der Waals surface area contributed by atoms with Crippen LogP contribution < -0.4 is 10.2 Å². The number of hydrogen-bond donors (Lipinski definition) is 2. The molecule has 0 radical (unpaired) electrons. The third kappa shape index (κ3) is 3.64. The summed E-state index contributed by atoms with van der Waals surface area (Å²) in [5, 5.41) is 19.2. The van der Waals surface area contributed by atoms with Gasteiger partial charge in [0.1, 0.15) is 12.4 Å². The van der Waals surface area contributed by atoms with E-state index >= 15 is 0 Å². The van der Waals surface area contributed by atoms with Gasteiger partial charge in [-0.05, 0) is 17.7 Å². The van der Waals surface area contributed by atoms with Gasteiger partial charge >= 0.3 is 7.12 Å². The van der Waals surface area contributed by atoms with E-state index in [0.29, 0.717) is 5.02 Å². The lowest BCUT2D eigenvalue weighted by molar-refractivity contribution is 0.307. The van der Waals surface area contributed by atoms with E-state index in [0.717, 1.165) is 5.56 Å². The van der Waals surface area contributed by atoms with Crippen LogP contribution in [0.1, 0.15) is 5.56 Å². The Morgan fingerprint density at radius 2 is 1.74 bits per heavy atom. The van der Waals surface area contributed by atoms with Gasteiger partial charge in [-0.15, -0.1) is 0 Å². The molecule has 0 saturated carbocycles. The molecule has 0 saturated heterocycles. The van der Waals surface area contributed by atoms with Crippen molar-refractivity contribution in [1.82, 2.24) is 0 Å². The highest BCUT2D eigenvalue weighted by atomic mass is 35.5. The van der Waals surface area contributed by atoms with E-state index in [9.17, 15) is 10.0 Å². The first-order valence-electron chi connectivity index (χ1n) is 5.59. The van der Waals surface area contributed by atoms with Crippen LogP contribution in [0.25, 0.3) is 0 Å². The zero-order chi connectivity index (χ0) is 13.8. The number of benzene rings is 2. The van der Waals surface area contributed by atoms with Crippen molar-refractivity contribution in [3.63, 3.8) is 0 Å². The van der Waals surface area contributed by atoms with Gasteiger partial charge in [-0.2, -0.15) is 0 Å². The Kier molecular flexibility index (Phi) is 4.72. The highest BCUT2D eigenvalue weighted by Gasteiger charge is 2.21.